The van der Waals surface area contributed by atoms with E-state index in [1.165, 1.54) is 32.1 Å². The molecular formula is C16H24N2OS. The number of rotatable bonds is 4. The molecule has 0 radical (unpaired) electrons. The topological polar surface area (TPSA) is 32.3 Å². The van der Waals surface area contributed by atoms with E-state index in [1.807, 2.05) is 22.4 Å². The minimum absolute atomic E-state index is 0.215. The molecule has 1 atom stereocenters. The zero-order chi connectivity index (χ0) is 13.8. The fourth-order valence-corrected chi connectivity index (χ4v) is 4.12. The van der Waals surface area contributed by atoms with Crippen LogP contribution < -0.4 is 5.32 Å². The van der Waals surface area contributed by atoms with Gasteiger partial charge >= 0.3 is 0 Å². The van der Waals surface area contributed by atoms with Crippen molar-refractivity contribution < 1.29 is 4.79 Å². The molecule has 1 saturated carbocycles. The Hall–Kier alpha value is -0.870. The number of likely N-dealkylation sites (tertiary alicyclic amines) is 1. The standard InChI is InChI=1S/C16H24N2OS/c19-16(15-8-4-10-20-15)18-9-3-7-14(12-18)17-11-13-5-1-2-6-13/h4,8,10,13-14,17H,1-3,5-7,9,11-12H2. The van der Waals surface area contributed by atoms with Crippen LogP contribution in [-0.4, -0.2) is 36.5 Å². The van der Waals surface area contributed by atoms with E-state index in [1.54, 1.807) is 11.3 Å². The van der Waals surface area contributed by atoms with Crippen molar-refractivity contribution in [2.75, 3.05) is 19.6 Å². The molecule has 1 aliphatic carbocycles. The van der Waals surface area contributed by atoms with Gasteiger partial charge < -0.3 is 10.2 Å². The molecule has 1 aromatic rings. The first kappa shape index (κ1) is 14.1. The zero-order valence-corrected chi connectivity index (χ0v) is 12.8. The molecule has 0 bridgehead atoms. The highest BCUT2D eigenvalue weighted by atomic mass is 32.1. The maximum absolute atomic E-state index is 12.4. The first-order valence-electron chi connectivity index (χ1n) is 7.89. The van der Waals surface area contributed by atoms with Crippen molar-refractivity contribution in [3.05, 3.63) is 22.4 Å². The monoisotopic (exact) mass is 292 g/mol. The fourth-order valence-electron chi connectivity index (χ4n) is 3.43. The first-order valence-corrected chi connectivity index (χ1v) is 8.77. The normalized spacial score (nSPS) is 24.2. The number of hydrogen-bond donors (Lipinski definition) is 1. The summed E-state index contributed by atoms with van der Waals surface area (Å²) in [7, 11) is 0. The average Bonchev–Trinajstić information content (AvgIpc) is 3.18. The van der Waals surface area contributed by atoms with E-state index >= 15 is 0 Å². The number of thiophene rings is 1. The van der Waals surface area contributed by atoms with Gasteiger partial charge in [-0.05, 0) is 49.6 Å². The third kappa shape index (κ3) is 3.41. The summed E-state index contributed by atoms with van der Waals surface area (Å²) in [4.78, 5) is 15.3. The van der Waals surface area contributed by atoms with E-state index in [4.69, 9.17) is 0 Å². The van der Waals surface area contributed by atoms with Crippen molar-refractivity contribution in [1.29, 1.82) is 0 Å². The van der Waals surface area contributed by atoms with Gasteiger partial charge in [-0.1, -0.05) is 18.9 Å². The number of amides is 1. The number of piperidine rings is 1. The van der Waals surface area contributed by atoms with Gasteiger partial charge in [0.1, 0.15) is 0 Å². The molecule has 3 rings (SSSR count). The van der Waals surface area contributed by atoms with Crippen LogP contribution in [0.4, 0.5) is 0 Å². The van der Waals surface area contributed by atoms with Gasteiger partial charge in [-0.3, -0.25) is 4.79 Å². The summed E-state index contributed by atoms with van der Waals surface area (Å²) < 4.78 is 0. The van der Waals surface area contributed by atoms with E-state index in [0.29, 0.717) is 6.04 Å². The molecule has 1 N–H and O–H groups in total. The van der Waals surface area contributed by atoms with Crippen LogP contribution in [0.3, 0.4) is 0 Å². The Morgan fingerprint density at radius 1 is 1.30 bits per heavy atom. The van der Waals surface area contributed by atoms with Crippen molar-refractivity contribution in [3.63, 3.8) is 0 Å². The van der Waals surface area contributed by atoms with Crippen molar-refractivity contribution in [2.24, 2.45) is 5.92 Å². The summed E-state index contributed by atoms with van der Waals surface area (Å²) >= 11 is 1.55. The Bertz CT molecular complexity index is 426. The van der Waals surface area contributed by atoms with Crippen LogP contribution in [-0.2, 0) is 0 Å². The summed E-state index contributed by atoms with van der Waals surface area (Å²) in [5.74, 6) is 1.09. The molecule has 20 heavy (non-hydrogen) atoms. The highest BCUT2D eigenvalue weighted by molar-refractivity contribution is 7.12. The van der Waals surface area contributed by atoms with Crippen LogP contribution in [0, 0.1) is 5.92 Å². The summed E-state index contributed by atoms with van der Waals surface area (Å²) in [6, 6.07) is 4.38. The van der Waals surface area contributed by atoms with Gasteiger partial charge in [-0.25, -0.2) is 0 Å². The Morgan fingerprint density at radius 3 is 2.90 bits per heavy atom. The third-order valence-corrected chi connectivity index (χ3v) is 5.47. The van der Waals surface area contributed by atoms with E-state index in [2.05, 4.69) is 5.32 Å². The number of carbonyl (C=O) groups is 1. The molecule has 2 fully saturated rings. The number of carbonyl (C=O) groups excluding carboxylic acids is 1. The summed E-state index contributed by atoms with van der Waals surface area (Å²) in [6.07, 6.45) is 7.91. The van der Waals surface area contributed by atoms with Crippen molar-refractivity contribution in [2.45, 2.75) is 44.6 Å². The maximum atomic E-state index is 12.4. The molecular weight excluding hydrogens is 268 g/mol. The van der Waals surface area contributed by atoms with Gasteiger partial charge in [0, 0.05) is 19.1 Å². The molecule has 4 heteroatoms. The summed E-state index contributed by atoms with van der Waals surface area (Å²) in [5, 5.41) is 5.68. The molecule has 2 aliphatic rings. The van der Waals surface area contributed by atoms with Gasteiger partial charge in [0.25, 0.3) is 5.91 Å². The van der Waals surface area contributed by atoms with E-state index < -0.39 is 0 Å². The Balaban J connectivity index is 1.49. The van der Waals surface area contributed by atoms with Gasteiger partial charge in [-0.15, -0.1) is 11.3 Å². The summed E-state index contributed by atoms with van der Waals surface area (Å²) in [5.41, 5.74) is 0. The third-order valence-electron chi connectivity index (χ3n) is 4.61. The van der Waals surface area contributed by atoms with E-state index in [9.17, 15) is 4.79 Å². The first-order chi connectivity index (χ1) is 9.83. The lowest BCUT2D eigenvalue weighted by Gasteiger charge is -2.33. The smallest absolute Gasteiger partial charge is 0.263 e. The quantitative estimate of drug-likeness (QED) is 0.924. The minimum Gasteiger partial charge on any atom is -0.336 e. The zero-order valence-electron chi connectivity index (χ0n) is 12.0. The van der Waals surface area contributed by atoms with Crippen molar-refractivity contribution >= 4 is 17.2 Å². The Morgan fingerprint density at radius 2 is 2.15 bits per heavy atom. The predicted octanol–water partition coefficient (Wildman–Crippen LogP) is 3.13. The lowest BCUT2D eigenvalue weighted by Crippen LogP contribution is -2.48. The van der Waals surface area contributed by atoms with Gasteiger partial charge in [-0.2, -0.15) is 0 Å². The van der Waals surface area contributed by atoms with Crippen molar-refractivity contribution in [3.8, 4) is 0 Å². The highest BCUT2D eigenvalue weighted by Gasteiger charge is 2.25. The number of nitrogens with one attached hydrogen (secondary N) is 1. The number of hydrogen-bond acceptors (Lipinski definition) is 3. The Kier molecular flexibility index (Phi) is 4.73. The second kappa shape index (κ2) is 6.72. The van der Waals surface area contributed by atoms with Crippen molar-refractivity contribution in [1.82, 2.24) is 10.2 Å². The highest BCUT2D eigenvalue weighted by Crippen LogP contribution is 2.24. The predicted molar refractivity (Wildman–Crippen MR) is 83.2 cm³/mol. The molecule has 1 aromatic heterocycles. The molecule has 0 aromatic carbocycles. The van der Waals surface area contributed by atoms with Crippen LogP contribution >= 0.6 is 11.3 Å². The average molecular weight is 292 g/mol. The van der Waals surface area contributed by atoms with Crippen LogP contribution in [0.1, 0.15) is 48.2 Å². The van der Waals surface area contributed by atoms with Crippen LogP contribution in [0.2, 0.25) is 0 Å². The van der Waals surface area contributed by atoms with Crippen LogP contribution in [0.25, 0.3) is 0 Å². The molecule has 3 nitrogen and oxygen atoms in total. The maximum Gasteiger partial charge on any atom is 0.263 e. The van der Waals surface area contributed by atoms with Gasteiger partial charge in [0.2, 0.25) is 0 Å². The van der Waals surface area contributed by atoms with E-state index in [-0.39, 0.29) is 5.91 Å². The number of nitrogens with zero attached hydrogens (tertiary/aromatic N) is 1. The van der Waals surface area contributed by atoms with Crippen LogP contribution in [0.15, 0.2) is 17.5 Å². The lowest BCUT2D eigenvalue weighted by atomic mass is 10.0. The molecule has 0 spiro atoms. The van der Waals surface area contributed by atoms with Gasteiger partial charge in [0.05, 0.1) is 4.88 Å². The Labute approximate surface area is 125 Å². The second-order valence-corrected chi connectivity index (χ2v) is 7.07. The molecule has 1 saturated heterocycles. The molecule has 1 amide bonds. The lowest BCUT2D eigenvalue weighted by molar-refractivity contribution is 0.0698. The minimum atomic E-state index is 0.215. The SMILES string of the molecule is O=C(c1cccs1)N1CCCC(NCC2CCCC2)C1. The molecule has 2 heterocycles. The van der Waals surface area contributed by atoms with Gasteiger partial charge in [0.15, 0.2) is 0 Å². The van der Waals surface area contributed by atoms with E-state index in [0.717, 1.165) is 36.9 Å². The second-order valence-electron chi connectivity index (χ2n) is 6.13. The molecule has 110 valence electrons. The molecule has 1 unspecified atom stereocenters. The largest absolute Gasteiger partial charge is 0.336 e. The van der Waals surface area contributed by atoms with Crippen LogP contribution in [0.5, 0.6) is 0 Å². The fraction of sp³-hybridized carbons (Fsp3) is 0.688. The molecule has 1 aliphatic heterocycles. The summed E-state index contributed by atoms with van der Waals surface area (Å²) in [6.45, 7) is 2.94.